The highest BCUT2D eigenvalue weighted by Gasteiger charge is 2.16. The fourth-order valence-electron chi connectivity index (χ4n) is 2.39. The van der Waals surface area contributed by atoms with E-state index in [-0.39, 0.29) is 23.8 Å². The van der Waals surface area contributed by atoms with Gasteiger partial charge in [0.25, 0.3) is 5.91 Å². The Kier molecular flexibility index (Phi) is 6.16. The fourth-order valence-corrected chi connectivity index (χ4v) is 2.51. The summed E-state index contributed by atoms with van der Waals surface area (Å²) in [5.74, 6) is 0.308. The van der Waals surface area contributed by atoms with E-state index in [0.29, 0.717) is 16.5 Å². The van der Waals surface area contributed by atoms with Crippen molar-refractivity contribution in [2.45, 2.75) is 20.1 Å². The molecule has 0 fully saturated rings. The lowest BCUT2D eigenvalue weighted by Gasteiger charge is -2.12. The number of carbonyl (C=O) groups is 1. The van der Waals surface area contributed by atoms with Crippen LogP contribution in [0.3, 0.4) is 0 Å². The summed E-state index contributed by atoms with van der Waals surface area (Å²) in [6.07, 6.45) is 0. The number of hydrogen-bond acceptors (Lipinski definition) is 4. The van der Waals surface area contributed by atoms with Gasteiger partial charge < -0.3 is 19.2 Å². The number of halogens is 3. The first-order valence-corrected chi connectivity index (χ1v) is 8.62. The second-order valence-corrected chi connectivity index (χ2v) is 6.28. The van der Waals surface area contributed by atoms with E-state index in [4.69, 9.17) is 20.8 Å². The highest BCUT2D eigenvalue weighted by molar-refractivity contribution is 6.30. The zero-order valence-electron chi connectivity index (χ0n) is 14.7. The summed E-state index contributed by atoms with van der Waals surface area (Å²) in [6.45, 7) is -1.13. The monoisotopic (exact) mass is 407 g/mol. The third kappa shape index (κ3) is 5.23. The van der Waals surface area contributed by atoms with E-state index in [2.05, 4.69) is 10.1 Å². The molecule has 1 heterocycles. The van der Waals surface area contributed by atoms with Crippen molar-refractivity contribution in [3.05, 3.63) is 76.7 Å². The quantitative estimate of drug-likeness (QED) is 0.547. The number of furan rings is 1. The number of ether oxygens (including phenoxy) is 2. The van der Waals surface area contributed by atoms with Crippen molar-refractivity contribution in [2.75, 3.05) is 5.32 Å². The third-order valence-corrected chi connectivity index (χ3v) is 3.93. The Morgan fingerprint density at radius 3 is 2.61 bits per heavy atom. The van der Waals surface area contributed by atoms with Crippen molar-refractivity contribution in [3.63, 3.8) is 0 Å². The van der Waals surface area contributed by atoms with Gasteiger partial charge in [0.05, 0.1) is 5.69 Å². The van der Waals surface area contributed by atoms with E-state index in [1.54, 1.807) is 43.3 Å². The minimum Gasteiger partial charge on any atom is -0.486 e. The van der Waals surface area contributed by atoms with Crippen LogP contribution in [0.15, 0.2) is 59.0 Å². The molecule has 3 rings (SSSR count). The molecule has 0 saturated heterocycles. The highest BCUT2D eigenvalue weighted by atomic mass is 35.5. The van der Waals surface area contributed by atoms with Crippen molar-refractivity contribution in [2.24, 2.45) is 0 Å². The number of rotatable bonds is 7. The second-order valence-electron chi connectivity index (χ2n) is 5.84. The van der Waals surface area contributed by atoms with E-state index < -0.39 is 12.5 Å². The Balaban J connectivity index is 1.66. The predicted molar refractivity (Wildman–Crippen MR) is 100 cm³/mol. The van der Waals surface area contributed by atoms with Crippen LogP contribution in [-0.4, -0.2) is 12.5 Å². The summed E-state index contributed by atoms with van der Waals surface area (Å²) >= 11 is 5.81. The van der Waals surface area contributed by atoms with E-state index in [9.17, 15) is 13.6 Å². The molecule has 0 saturated carbocycles. The largest absolute Gasteiger partial charge is 0.486 e. The molecule has 0 aliphatic rings. The lowest BCUT2D eigenvalue weighted by atomic mass is 10.2. The van der Waals surface area contributed by atoms with Crippen molar-refractivity contribution >= 4 is 23.2 Å². The SMILES string of the molecule is Cc1ccc(OC(F)F)c(NC(=O)c2ccc(COc3ccc(Cl)cc3)o2)c1. The van der Waals surface area contributed by atoms with Gasteiger partial charge in [-0.2, -0.15) is 8.78 Å². The molecule has 0 unspecified atom stereocenters. The first kappa shape index (κ1) is 19.7. The number of benzene rings is 2. The van der Waals surface area contributed by atoms with Crippen LogP contribution >= 0.6 is 11.6 Å². The summed E-state index contributed by atoms with van der Waals surface area (Å²) in [5, 5.41) is 3.11. The molecule has 28 heavy (non-hydrogen) atoms. The van der Waals surface area contributed by atoms with Crippen LogP contribution in [0.1, 0.15) is 21.9 Å². The molecule has 1 N–H and O–H groups in total. The summed E-state index contributed by atoms with van der Waals surface area (Å²) in [4.78, 5) is 12.4. The van der Waals surface area contributed by atoms with Gasteiger partial charge in [-0.1, -0.05) is 17.7 Å². The Morgan fingerprint density at radius 1 is 1.14 bits per heavy atom. The van der Waals surface area contributed by atoms with Gasteiger partial charge in [0, 0.05) is 5.02 Å². The summed E-state index contributed by atoms with van der Waals surface area (Å²) in [7, 11) is 0. The molecule has 0 atom stereocenters. The molecule has 2 aromatic carbocycles. The van der Waals surface area contributed by atoms with Crippen LogP contribution in [0.25, 0.3) is 0 Å². The van der Waals surface area contributed by atoms with Crippen molar-refractivity contribution in [1.82, 2.24) is 0 Å². The third-order valence-electron chi connectivity index (χ3n) is 3.68. The van der Waals surface area contributed by atoms with Crippen LogP contribution in [0.2, 0.25) is 5.02 Å². The van der Waals surface area contributed by atoms with Crippen LogP contribution < -0.4 is 14.8 Å². The number of aryl methyl sites for hydroxylation is 1. The van der Waals surface area contributed by atoms with Gasteiger partial charge in [-0.25, -0.2) is 0 Å². The molecule has 0 aliphatic heterocycles. The van der Waals surface area contributed by atoms with Crippen molar-refractivity contribution in [3.8, 4) is 11.5 Å². The van der Waals surface area contributed by atoms with Crippen molar-refractivity contribution < 1.29 is 27.5 Å². The average Bonchev–Trinajstić information content (AvgIpc) is 3.12. The van der Waals surface area contributed by atoms with Gasteiger partial charge in [-0.15, -0.1) is 0 Å². The zero-order valence-corrected chi connectivity index (χ0v) is 15.5. The van der Waals surface area contributed by atoms with Gasteiger partial charge in [-0.05, 0) is 61.0 Å². The summed E-state index contributed by atoms with van der Waals surface area (Å²) < 4.78 is 40.5. The Bertz CT molecular complexity index is 957. The molecule has 0 bridgehead atoms. The Morgan fingerprint density at radius 2 is 1.89 bits per heavy atom. The molecule has 0 spiro atoms. The summed E-state index contributed by atoms with van der Waals surface area (Å²) in [6, 6.07) is 14.4. The first-order valence-electron chi connectivity index (χ1n) is 8.24. The normalized spacial score (nSPS) is 10.8. The molecule has 1 amide bonds. The van der Waals surface area contributed by atoms with E-state index >= 15 is 0 Å². The van der Waals surface area contributed by atoms with Gasteiger partial charge in [-0.3, -0.25) is 4.79 Å². The molecule has 3 aromatic rings. The Hall–Kier alpha value is -3.06. The molecule has 8 heteroatoms. The number of carbonyl (C=O) groups excluding carboxylic acids is 1. The predicted octanol–water partition coefficient (Wildman–Crippen LogP) is 5.67. The number of nitrogens with one attached hydrogen (secondary N) is 1. The summed E-state index contributed by atoms with van der Waals surface area (Å²) in [5.41, 5.74) is 0.897. The molecule has 1 aromatic heterocycles. The topological polar surface area (TPSA) is 60.7 Å². The lowest BCUT2D eigenvalue weighted by Crippen LogP contribution is -2.13. The standard InChI is InChI=1S/C20H16ClF2NO4/c1-12-2-8-17(28-20(22)23)16(10-12)24-19(25)18-9-7-15(27-18)11-26-14-5-3-13(21)4-6-14/h2-10,20H,11H2,1H3,(H,24,25). The smallest absolute Gasteiger partial charge is 0.387 e. The van der Waals surface area contributed by atoms with Crippen molar-refractivity contribution in [1.29, 1.82) is 0 Å². The van der Waals surface area contributed by atoms with Gasteiger partial charge in [0.1, 0.15) is 23.9 Å². The number of hydrogen-bond donors (Lipinski definition) is 1. The molecule has 0 aliphatic carbocycles. The van der Waals surface area contributed by atoms with Gasteiger partial charge >= 0.3 is 6.61 Å². The van der Waals surface area contributed by atoms with Crippen LogP contribution in [0.5, 0.6) is 11.5 Å². The maximum atomic E-state index is 12.5. The van der Waals surface area contributed by atoms with E-state index in [1.807, 2.05) is 0 Å². The molecule has 0 radical (unpaired) electrons. The molecular formula is C20H16ClF2NO4. The average molecular weight is 408 g/mol. The van der Waals surface area contributed by atoms with Crippen LogP contribution in [0, 0.1) is 6.92 Å². The van der Waals surface area contributed by atoms with Gasteiger partial charge in [0.2, 0.25) is 0 Å². The molecule has 146 valence electrons. The second kappa shape index (κ2) is 8.75. The Labute approximate surface area is 164 Å². The zero-order chi connectivity index (χ0) is 20.1. The van der Waals surface area contributed by atoms with E-state index in [1.165, 1.54) is 18.2 Å². The minimum absolute atomic E-state index is 0.0132. The maximum absolute atomic E-state index is 12.5. The number of alkyl halides is 2. The highest BCUT2D eigenvalue weighted by Crippen LogP contribution is 2.28. The van der Waals surface area contributed by atoms with Crippen LogP contribution in [0.4, 0.5) is 14.5 Å². The lowest BCUT2D eigenvalue weighted by molar-refractivity contribution is -0.0493. The number of anilines is 1. The minimum atomic E-state index is -3.00. The first-order chi connectivity index (χ1) is 13.4. The fraction of sp³-hybridized carbons (Fsp3) is 0.150. The maximum Gasteiger partial charge on any atom is 0.387 e. The molecule has 5 nitrogen and oxygen atoms in total. The van der Waals surface area contributed by atoms with E-state index in [0.717, 1.165) is 5.56 Å². The number of amides is 1. The van der Waals surface area contributed by atoms with Crippen LogP contribution in [-0.2, 0) is 6.61 Å². The molecular weight excluding hydrogens is 392 g/mol. The van der Waals surface area contributed by atoms with Gasteiger partial charge in [0.15, 0.2) is 5.76 Å².